The Morgan fingerprint density at radius 1 is 1.26 bits per heavy atom. The molecule has 0 unspecified atom stereocenters. The summed E-state index contributed by atoms with van der Waals surface area (Å²) in [5.74, 6) is 0.785. The average Bonchev–Trinajstić information content (AvgIpc) is 3.10. The second-order valence-corrected chi connectivity index (χ2v) is 8.30. The van der Waals surface area contributed by atoms with E-state index in [0.29, 0.717) is 6.54 Å². The van der Waals surface area contributed by atoms with Gasteiger partial charge in [-0.2, -0.15) is 0 Å². The minimum absolute atomic E-state index is 0.00720. The Morgan fingerprint density at radius 2 is 2.04 bits per heavy atom. The lowest BCUT2D eigenvalue weighted by Gasteiger charge is -2.21. The number of anilines is 1. The molecule has 3 rings (SSSR count). The third-order valence-corrected chi connectivity index (χ3v) is 6.07. The van der Waals surface area contributed by atoms with E-state index in [9.17, 15) is 4.79 Å². The minimum atomic E-state index is -0.00720. The van der Waals surface area contributed by atoms with E-state index in [0.717, 1.165) is 38.1 Å². The van der Waals surface area contributed by atoms with Gasteiger partial charge in [0.2, 0.25) is 0 Å². The van der Waals surface area contributed by atoms with Gasteiger partial charge < -0.3 is 9.64 Å². The first-order valence-corrected chi connectivity index (χ1v) is 10.8. The van der Waals surface area contributed by atoms with Gasteiger partial charge >= 0.3 is 0 Å². The predicted octanol–water partition coefficient (Wildman–Crippen LogP) is 2.82. The van der Waals surface area contributed by atoms with Gasteiger partial charge in [-0.15, -0.1) is 11.8 Å². The lowest BCUT2D eigenvalue weighted by Crippen LogP contribution is -3.06. The minimum Gasteiger partial charge on any atom is -0.497 e. The number of amides is 1. The molecule has 142 valence electrons. The molecule has 0 spiro atoms. The van der Waals surface area contributed by atoms with Gasteiger partial charge in [-0.05, 0) is 36.6 Å². The fraction of sp³-hybridized carbons (Fsp3) is 0.300. The predicted molar refractivity (Wildman–Crippen MR) is 114 cm³/mol. The second kappa shape index (κ2) is 8.73. The van der Waals surface area contributed by atoms with Crippen molar-refractivity contribution in [3.63, 3.8) is 0 Å². The summed E-state index contributed by atoms with van der Waals surface area (Å²) in [4.78, 5) is 22.2. The van der Waals surface area contributed by atoms with Crippen LogP contribution in [0.5, 0.6) is 5.75 Å². The number of carbonyl (C=O) groups excluding carboxylic acids is 1. The number of aromatic nitrogens is 1. The van der Waals surface area contributed by atoms with Crippen LogP contribution in [0.3, 0.4) is 0 Å². The van der Waals surface area contributed by atoms with Gasteiger partial charge in [0.25, 0.3) is 5.91 Å². The molecule has 0 radical (unpaired) electrons. The van der Waals surface area contributed by atoms with Crippen LogP contribution in [0.25, 0.3) is 10.2 Å². The molecule has 5 nitrogen and oxygen atoms in total. The molecule has 1 N–H and O–H groups in total. The fourth-order valence-corrected chi connectivity index (χ4v) is 4.33. The molecular weight excluding hydrogens is 378 g/mol. The Labute approximate surface area is 168 Å². The van der Waals surface area contributed by atoms with Gasteiger partial charge in [-0.1, -0.05) is 23.5 Å². The number of ether oxygens (including phenoxy) is 1. The molecule has 0 saturated carbocycles. The van der Waals surface area contributed by atoms with E-state index in [1.807, 2.05) is 48.7 Å². The van der Waals surface area contributed by atoms with Gasteiger partial charge in [-0.25, -0.2) is 4.98 Å². The fourth-order valence-electron chi connectivity index (χ4n) is 2.72. The molecule has 7 heteroatoms. The van der Waals surface area contributed by atoms with E-state index in [1.54, 1.807) is 23.8 Å². The third kappa shape index (κ3) is 4.43. The maximum absolute atomic E-state index is 13.4. The van der Waals surface area contributed by atoms with Gasteiger partial charge in [-0.3, -0.25) is 9.69 Å². The van der Waals surface area contributed by atoms with Crippen LogP contribution in [0, 0.1) is 0 Å². The Hall–Kier alpha value is -2.09. The molecular formula is C20H24N3O2S2+. The summed E-state index contributed by atoms with van der Waals surface area (Å²) in [5, 5.41) is 0.723. The summed E-state index contributed by atoms with van der Waals surface area (Å²) in [7, 11) is 5.82. The molecule has 0 bridgehead atoms. The molecule has 3 aromatic rings. The third-order valence-electron chi connectivity index (χ3n) is 4.23. The zero-order chi connectivity index (χ0) is 19.4. The summed E-state index contributed by atoms with van der Waals surface area (Å²) in [6.45, 7) is 1.45. The van der Waals surface area contributed by atoms with Crippen molar-refractivity contribution >= 4 is 44.4 Å². The summed E-state index contributed by atoms with van der Waals surface area (Å²) in [6, 6.07) is 13.5. The SMILES string of the molecule is COc1ccc2nc(N(CC[NH+](C)C)C(=O)c3ccccc3SC)sc2c1. The van der Waals surface area contributed by atoms with E-state index in [1.165, 1.54) is 16.2 Å². The molecule has 0 aliphatic rings. The maximum atomic E-state index is 13.4. The van der Waals surface area contributed by atoms with Gasteiger partial charge in [0.15, 0.2) is 5.13 Å². The summed E-state index contributed by atoms with van der Waals surface area (Å²) >= 11 is 3.11. The molecule has 0 aliphatic heterocycles. The molecule has 1 heterocycles. The van der Waals surface area contributed by atoms with Crippen molar-refractivity contribution in [2.24, 2.45) is 0 Å². The van der Waals surface area contributed by atoms with Crippen molar-refractivity contribution in [1.29, 1.82) is 0 Å². The normalized spacial score (nSPS) is 11.1. The standard InChI is InChI=1S/C20H23N3O2S2/c1-22(2)11-12-23(19(24)15-7-5-6-8-17(15)26-4)20-21-16-10-9-14(25-3)13-18(16)27-20/h5-10,13H,11-12H2,1-4H3/p+1. The number of rotatable bonds is 7. The van der Waals surface area contributed by atoms with Gasteiger partial charge in [0.1, 0.15) is 5.75 Å². The molecule has 2 aromatic carbocycles. The number of benzene rings is 2. The number of thiazole rings is 1. The Morgan fingerprint density at radius 3 is 2.74 bits per heavy atom. The zero-order valence-electron chi connectivity index (χ0n) is 16.0. The van der Waals surface area contributed by atoms with Gasteiger partial charge in [0, 0.05) is 4.90 Å². The van der Waals surface area contributed by atoms with Crippen molar-refractivity contribution in [2.45, 2.75) is 4.90 Å². The lowest BCUT2D eigenvalue weighted by atomic mass is 10.2. The van der Waals surface area contributed by atoms with E-state index < -0.39 is 0 Å². The second-order valence-electron chi connectivity index (χ2n) is 6.44. The largest absolute Gasteiger partial charge is 0.497 e. The monoisotopic (exact) mass is 402 g/mol. The first kappa shape index (κ1) is 19.7. The van der Waals surface area contributed by atoms with Crippen LogP contribution in [-0.2, 0) is 0 Å². The maximum Gasteiger partial charge on any atom is 0.261 e. The van der Waals surface area contributed by atoms with E-state index >= 15 is 0 Å². The number of nitrogens with one attached hydrogen (secondary N) is 1. The highest BCUT2D eigenvalue weighted by Gasteiger charge is 2.24. The van der Waals surface area contributed by atoms with E-state index in [4.69, 9.17) is 9.72 Å². The van der Waals surface area contributed by atoms with Crippen molar-refractivity contribution in [1.82, 2.24) is 4.98 Å². The van der Waals surface area contributed by atoms with Crippen molar-refractivity contribution in [3.05, 3.63) is 48.0 Å². The first-order valence-electron chi connectivity index (χ1n) is 8.72. The number of methoxy groups -OCH3 is 1. The molecule has 1 aromatic heterocycles. The Bertz CT molecular complexity index is 940. The highest BCUT2D eigenvalue weighted by Crippen LogP contribution is 2.33. The molecule has 27 heavy (non-hydrogen) atoms. The van der Waals surface area contributed by atoms with Gasteiger partial charge in [0.05, 0.1) is 50.1 Å². The first-order chi connectivity index (χ1) is 13.0. The number of fused-ring (bicyclic) bond motifs is 1. The van der Waals surface area contributed by atoms with E-state index in [-0.39, 0.29) is 5.91 Å². The van der Waals surface area contributed by atoms with Crippen LogP contribution in [0.15, 0.2) is 47.4 Å². The molecule has 0 aliphatic carbocycles. The highest BCUT2D eigenvalue weighted by atomic mass is 32.2. The molecule has 0 fully saturated rings. The van der Waals surface area contributed by atoms with Crippen molar-refractivity contribution in [3.8, 4) is 5.75 Å². The van der Waals surface area contributed by atoms with Crippen LogP contribution in [0.1, 0.15) is 10.4 Å². The van der Waals surface area contributed by atoms with Crippen LogP contribution in [0.2, 0.25) is 0 Å². The average molecular weight is 403 g/mol. The number of carbonyl (C=O) groups is 1. The molecule has 0 saturated heterocycles. The summed E-state index contributed by atoms with van der Waals surface area (Å²) in [5.41, 5.74) is 1.60. The number of quaternary nitrogens is 1. The van der Waals surface area contributed by atoms with Crippen LogP contribution < -0.4 is 14.5 Å². The molecule has 0 atom stereocenters. The number of nitrogens with zero attached hydrogens (tertiary/aromatic N) is 2. The molecule has 1 amide bonds. The van der Waals surface area contributed by atoms with Crippen molar-refractivity contribution < 1.29 is 14.4 Å². The topological polar surface area (TPSA) is 46.9 Å². The van der Waals surface area contributed by atoms with Crippen LogP contribution in [0.4, 0.5) is 5.13 Å². The number of hydrogen-bond acceptors (Lipinski definition) is 5. The van der Waals surface area contributed by atoms with Crippen LogP contribution >= 0.6 is 23.1 Å². The summed E-state index contributed by atoms with van der Waals surface area (Å²) in [6.07, 6.45) is 1.99. The zero-order valence-corrected chi connectivity index (χ0v) is 17.6. The number of likely N-dealkylation sites (N-methyl/N-ethyl adjacent to an activating group) is 1. The smallest absolute Gasteiger partial charge is 0.261 e. The lowest BCUT2D eigenvalue weighted by molar-refractivity contribution is -0.856. The van der Waals surface area contributed by atoms with Crippen molar-refractivity contribution in [2.75, 3.05) is 45.5 Å². The Kier molecular flexibility index (Phi) is 6.36. The Balaban J connectivity index is 2.01. The number of thioether (sulfide) groups is 1. The highest BCUT2D eigenvalue weighted by molar-refractivity contribution is 7.98. The quantitative estimate of drug-likeness (QED) is 0.618. The van der Waals surface area contributed by atoms with E-state index in [2.05, 4.69) is 14.1 Å². The number of hydrogen-bond donors (Lipinski definition) is 1. The van der Waals surface area contributed by atoms with Crippen LogP contribution in [-0.4, -0.2) is 51.4 Å². The summed E-state index contributed by atoms with van der Waals surface area (Å²) < 4.78 is 6.32.